The minimum Gasteiger partial charge on any atom is -0.481 e. The molecular formula is C13H21F2N3O2. The predicted octanol–water partition coefficient (Wildman–Crippen LogP) is 2.34. The topological polar surface area (TPSA) is 67.2 Å². The zero-order valence-electron chi connectivity index (χ0n) is 12.0. The molecular weight excluding hydrogens is 268 g/mol. The number of rotatable bonds is 8. The Morgan fingerprint density at radius 1 is 1.50 bits per heavy atom. The molecule has 0 fully saturated rings. The van der Waals surface area contributed by atoms with Crippen LogP contribution in [0.2, 0.25) is 0 Å². The van der Waals surface area contributed by atoms with E-state index in [4.69, 9.17) is 0 Å². The van der Waals surface area contributed by atoms with Gasteiger partial charge >= 0.3 is 5.97 Å². The first-order valence-electron chi connectivity index (χ1n) is 6.61. The maximum Gasteiger partial charge on any atom is 0.310 e. The maximum atomic E-state index is 12.8. The molecule has 0 atom stereocenters. The van der Waals surface area contributed by atoms with Crippen molar-refractivity contribution >= 4 is 5.97 Å². The maximum absolute atomic E-state index is 12.8. The van der Waals surface area contributed by atoms with E-state index in [1.165, 1.54) is 10.9 Å². The van der Waals surface area contributed by atoms with Gasteiger partial charge in [0.05, 0.1) is 5.41 Å². The molecule has 0 radical (unpaired) electrons. The molecule has 0 unspecified atom stereocenters. The fourth-order valence-corrected chi connectivity index (χ4v) is 2.19. The molecule has 0 saturated carbocycles. The Hall–Kier alpha value is -1.50. The zero-order valence-corrected chi connectivity index (χ0v) is 12.0. The molecule has 20 heavy (non-hydrogen) atoms. The van der Waals surface area contributed by atoms with Crippen LogP contribution in [-0.2, 0) is 18.4 Å². The lowest BCUT2D eigenvalue weighted by atomic mass is 9.82. The normalized spacial score (nSPS) is 12.1. The summed E-state index contributed by atoms with van der Waals surface area (Å²) in [7, 11) is 1.58. The van der Waals surface area contributed by atoms with Crippen LogP contribution in [0.25, 0.3) is 0 Å². The van der Waals surface area contributed by atoms with Gasteiger partial charge in [0.1, 0.15) is 5.69 Å². The molecule has 1 rings (SSSR count). The number of nitrogens with zero attached hydrogens (tertiary/aromatic N) is 2. The van der Waals surface area contributed by atoms with Crippen LogP contribution in [0.1, 0.15) is 44.4 Å². The largest absolute Gasteiger partial charge is 0.481 e. The van der Waals surface area contributed by atoms with Gasteiger partial charge in [-0.05, 0) is 12.8 Å². The molecule has 7 heteroatoms. The number of carbonyl (C=O) groups is 1. The fraction of sp³-hybridized carbons (Fsp3) is 0.692. The van der Waals surface area contributed by atoms with Gasteiger partial charge in [-0.3, -0.25) is 9.48 Å². The Balaban J connectivity index is 2.70. The Bertz CT molecular complexity index is 456. The molecule has 0 aliphatic heterocycles. The van der Waals surface area contributed by atoms with Gasteiger partial charge in [0.2, 0.25) is 0 Å². The number of nitrogens with one attached hydrogen (secondary N) is 1. The number of carboxylic acids is 1. The first-order chi connectivity index (χ1) is 9.36. The standard InChI is InChI=1S/C13H21F2N3O2/c1-4-13(5-2,12(19)20)8-16-6-9-7-18(3)17-10(9)11(14)15/h7,11,16H,4-6,8H2,1-3H3,(H,19,20). The first kappa shape index (κ1) is 16.6. The molecule has 2 N–H and O–H groups in total. The molecule has 0 amide bonds. The summed E-state index contributed by atoms with van der Waals surface area (Å²) in [6, 6.07) is 0. The van der Waals surface area contributed by atoms with Gasteiger partial charge in [-0.15, -0.1) is 0 Å². The molecule has 0 spiro atoms. The first-order valence-corrected chi connectivity index (χ1v) is 6.61. The monoisotopic (exact) mass is 289 g/mol. The summed E-state index contributed by atoms with van der Waals surface area (Å²) in [4.78, 5) is 11.3. The summed E-state index contributed by atoms with van der Waals surface area (Å²) in [5.41, 5.74) is -0.712. The van der Waals surface area contributed by atoms with E-state index < -0.39 is 17.8 Å². The molecule has 0 saturated heterocycles. The van der Waals surface area contributed by atoms with E-state index in [1.807, 2.05) is 13.8 Å². The number of aryl methyl sites for hydroxylation is 1. The highest BCUT2D eigenvalue weighted by molar-refractivity contribution is 5.74. The van der Waals surface area contributed by atoms with Gasteiger partial charge in [0.15, 0.2) is 0 Å². The van der Waals surface area contributed by atoms with E-state index in [1.54, 1.807) is 7.05 Å². The van der Waals surface area contributed by atoms with E-state index in [-0.39, 0.29) is 18.8 Å². The van der Waals surface area contributed by atoms with E-state index in [2.05, 4.69) is 10.4 Å². The van der Waals surface area contributed by atoms with Gasteiger partial charge in [-0.25, -0.2) is 8.78 Å². The molecule has 0 bridgehead atoms. The highest BCUT2D eigenvalue weighted by Gasteiger charge is 2.34. The summed E-state index contributed by atoms with van der Waals surface area (Å²) in [6.07, 6.45) is -0.134. The zero-order chi connectivity index (χ0) is 15.3. The number of hydrogen-bond acceptors (Lipinski definition) is 3. The van der Waals surface area contributed by atoms with Crippen LogP contribution in [0.5, 0.6) is 0 Å². The second-order valence-corrected chi connectivity index (χ2v) is 4.91. The average Bonchev–Trinajstić information content (AvgIpc) is 2.76. The number of aliphatic carboxylic acids is 1. The number of alkyl halides is 2. The van der Waals surface area contributed by atoms with E-state index in [0.29, 0.717) is 18.4 Å². The van der Waals surface area contributed by atoms with Crippen LogP contribution in [0, 0.1) is 5.41 Å². The van der Waals surface area contributed by atoms with Gasteiger partial charge < -0.3 is 10.4 Å². The third kappa shape index (κ3) is 3.53. The molecule has 1 heterocycles. The van der Waals surface area contributed by atoms with Crippen LogP contribution >= 0.6 is 0 Å². The van der Waals surface area contributed by atoms with Crippen molar-refractivity contribution in [3.05, 3.63) is 17.5 Å². The Morgan fingerprint density at radius 3 is 2.55 bits per heavy atom. The van der Waals surface area contributed by atoms with Crippen molar-refractivity contribution in [3.63, 3.8) is 0 Å². The predicted molar refractivity (Wildman–Crippen MR) is 70.5 cm³/mol. The summed E-state index contributed by atoms with van der Waals surface area (Å²) < 4.78 is 26.9. The summed E-state index contributed by atoms with van der Waals surface area (Å²) in [5, 5.41) is 16.0. The summed E-state index contributed by atoms with van der Waals surface area (Å²) in [5.74, 6) is -0.865. The van der Waals surface area contributed by atoms with Crippen LogP contribution in [0.4, 0.5) is 8.78 Å². The van der Waals surface area contributed by atoms with E-state index in [0.717, 1.165) is 0 Å². The number of hydrogen-bond donors (Lipinski definition) is 2. The van der Waals surface area contributed by atoms with Crippen LogP contribution in [-0.4, -0.2) is 27.4 Å². The second-order valence-electron chi connectivity index (χ2n) is 4.91. The third-order valence-corrected chi connectivity index (χ3v) is 3.73. The minimum atomic E-state index is -2.63. The Morgan fingerprint density at radius 2 is 2.10 bits per heavy atom. The number of aromatic nitrogens is 2. The lowest BCUT2D eigenvalue weighted by Crippen LogP contribution is -2.40. The Labute approximate surface area is 117 Å². The van der Waals surface area contributed by atoms with Gasteiger partial charge in [-0.2, -0.15) is 5.10 Å². The van der Waals surface area contributed by atoms with Crippen LogP contribution in [0.3, 0.4) is 0 Å². The number of halogens is 2. The lowest BCUT2D eigenvalue weighted by Gasteiger charge is -2.26. The van der Waals surface area contributed by atoms with Crippen molar-refractivity contribution in [2.45, 2.75) is 39.7 Å². The van der Waals surface area contributed by atoms with Crippen LogP contribution in [0.15, 0.2) is 6.20 Å². The summed E-state index contributed by atoms with van der Waals surface area (Å²) in [6.45, 7) is 4.05. The van der Waals surface area contributed by atoms with Crippen molar-refractivity contribution < 1.29 is 18.7 Å². The fourth-order valence-electron chi connectivity index (χ4n) is 2.19. The molecule has 0 aliphatic rings. The minimum absolute atomic E-state index is 0.183. The van der Waals surface area contributed by atoms with Crippen LogP contribution < -0.4 is 5.32 Å². The molecule has 0 aromatic carbocycles. The van der Waals surface area contributed by atoms with E-state index >= 15 is 0 Å². The molecule has 5 nitrogen and oxygen atoms in total. The van der Waals surface area contributed by atoms with Gasteiger partial charge in [0.25, 0.3) is 6.43 Å². The smallest absolute Gasteiger partial charge is 0.310 e. The van der Waals surface area contributed by atoms with Gasteiger partial charge in [-0.1, -0.05) is 13.8 Å². The Kier molecular flexibility index (Phi) is 5.62. The van der Waals surface area contributed by atoms with Crippen molar-refractivity contribution in [1.29, 1.82) is 0 Å². The third-order valence-electron chi connectivity index (χ3n) is 3.73. The van der Waals surface area contributed by atoms with Crippen molar-refractivity contribution in [2.24, 2.45) is 12.5 Å². The molecule has 114 valence electrons. The lowest BCUT2D eigenvalue weighted by molar-refractivity contribution is -0.149. The molecule has 1 aromatic rings. The van der Waals surface area contributed by atoms with Gasteiger partial charge in [0, 0.05) is 31.9 Å². The average molecular weight is 289 g/mol. The van der Waals surface area contributed by atoms with Crippen molar-refractivity contribution in [1.82, 2.24) is 15.1 Å². The van der Waals surface area contributed by atoms with Crippen molar-refractivity contribution in [2.75, 3.05) is 6.54 Å². The van der Waals surface area contributed by atoms with E-state index in [9.17, 15) is 18.7 Å². The second kappa shape index (κ2) is 6.78. The summed E-state index contributed by atoms with van der Waals surface area (Å²) >= 11 is 0. The number of carboxylic acid groups (broad SMARTS) is 1. The molecule has 0 aliphatic carbocycles. The SMILES string of the molecule is CCC(CC)(CNCc1cn(C)nc1C(F)F)C(=O)O. The van der Waals surface area contributed by atoms with Crippen molar-refractivity contribution in [3.8, 4) is 0 Å². The molecule has 1 aromatic heterocycles. The highest BCUT2D eigenvalue weighted by atomic mass is 19.3. The highest BCUT2D eigenvalue weighted by Crippen LogP contribution is 2.26. The quantitative estimate of drug-likeness (QED) is 0.771.